The Kier molecular flexibility index (Phi) is 6.83. The van der Waals surface area contributed by atoms with E-state index < -0.39 is 0 Å². The van der Waals surface area contributed by atoms with Crippen molar-refractivity contribution in [3.63, 3.8) is 0 Å². The Morgan fingerprint density at radius 1 is 1.11 bits per heavy atom. The second kappa shape index (κ2) is 10.7. The van der Waals surface area contributed by atoms with E-state index in [4.69, 9.17) is 14.5 Å². The molecule has 10 heteroatoms. The van der Waals surface area contributed by atoms with E-state index in [0.717, 1.165) is 54.2 Å². The van der Waals surface area contributed by atoms with Gasteiger partial charge in [-0.2, -0.15) is 0 Å². The van der Waals surface area contributed by atoms with Crippen LogP contribution < -0.4 is 15.5 Å². The third kappa shape index (κ3) is 5.21. The van der Waals surface area contributed by atoms with Crippen molar-refractivity contribution < 1.29 is 14.3 Å². The van der Waals surface area contributed by atoms with Crippen LogP contribution in [-0.4, -0.2) is 90.4 Å². The molecule has 2 saturated heterocycles. The molecule has 2 aromatic heterocycles. The van der Waals surface area contributed by atoms with E-state index in [-0.39, 0.29) is 18.1 Å². The number of carbonyl (C=O) groups excluding carboxylic acids is 1. The normalized spacial score (nSPS) is 21.7. The minimum atomic E-state index is -0.351. The SMILES string of the molecule is O=C(C1CC=CO1)N1CCN(c2ccc(-c3cc4nccnc4c(NCC4CNCCO4)n3)cc2)CC1. The molecule has 2 atom stereocenters. The summed E-state index contributed by atoms with van der Waals surface area (Å²) < 4.78 is 11.2. The lowest BCUT2D eigenvalue weighted by atomic mass is 10.1. The second-order valence-electron chi connectivity index (χ2n) is 9.45. The van der Waals surface area contributed by atoms with Gasteiger partial charge in [-0.3, -0.25) is 9.78 Å². The van der Waals surface area contributed by atoms with Crippen molar-refractivity contribution >= 4 is 28.4 Å². The number of rotatable bonds is 6. The summed E-state index contributed by atoms with van der Waals surface area (Å²) in [4.78, 5) is 30.8. The van der Waals surface area contributed by atoms with Gasteiger partial charge in [0.2, 0.25) is 0 Å². The van der Waals surface area contributed by atoms with Crippen molar-refractivity contribution in [2.45, 2.75) is 18.6 Å². The van der Waals surface area contributed by atoms with E-state index in [1.165, 1.54) is 0 Å². The lowest BCUT2D eigenvalue weighted by molar-refractivity contribution is -0.139. The third-order valence-electron chi connectivity index (χ3n) is 7.04. The quantitative estimate of drug-likeness (QED) is 0.525. The molecule has 3 aromatic rings. The van der Waals surface area contributed by atoms with E-state index in [1.807, 2.05) is 17.0 Å². The second-order valence-corrected chi connectivity index (χ2v) is 9.45. The number of fused-ring (bicyclic) bond motifs is 1. The number of pyridine rings is 1. The number of ether oxygens (including phenoxy) is 2. The molecule has 3 aliphatic heterocycles. The molecule has 2 unspecified atom stereocenters. The highest BCUT2D eigenvalue weighted by Gasteiger charge is 2.29. The summed E-state index contributed by atoms with van der Waals surface area (Å²) in [6.45, 7) is 6.03. The highest BCUT2D eigenvalue weighted by molar-refractivity contribution is 5.88. The Bertz CT molecular complexity index is 1260. The predicted octanol–water partition coefficient (Wildman–Crippen LogP) is 2.04. The van der Waals surface area contributed by atoms with Crippen molar-refractivity contribution in [1.29, 1.82) is 0 Å². The molecule has 37 heavy (non-hydrogen) atoms. The largest absolute Gasteiger partial charge is 0.488 e. The van der Waals surface area contributed by atoms with E-state index in [1.54, 1.807) is 18.7 Å². The molecule has 0 spiro atoms. The topological polar surface area (TPSA) is 105 Å². The van der Waals surface area contributed by atoms with Crippen LogP contribution >= 0.6 is 0 Å². The summed E-state index contributed by atoms with van der Waals surface area (Å²) in [5.41, 5.74) is 4.53. The number of benzene rings is 1. The molecule has 0 saturated carbocycles. The molecular weight excluding hydrogens is 470 g/mol. The molecule has 0 radical (unpaired) electrons. The van der Waals surface area contributed by atoms with Crippen LogP contribution in [0.4, 0.5) is 11.5 Å². The van der Waals surface area contributed by atoms with Crippen LogP contribution in [0.2, 0.25) is 0 Å². The predicted molar refractivity (Wildman–Crippen MR) is 141 cm³/mol. The lowest BCUT2D eigenvalue weighted by Crippen LogP contribution is -2.51. The van der Waals surface area contributed by atoms with Crippen LogP contribution in [0.5, 0.6) is 0 Å². The molecule has 1 aromatic carbocycles. The Labute approximate surface area is 215 Å². The summed E-state index contributed by atoms with van der Waals surface area (Å²) in [6.07, 6.45) is 7.32. The van der Waals surface area contributed by atoms with E-state index in [2.05, 4.69) is 49.8 Å². The molecule has 192 valence electrons. The molecule has 1 amide bonds. The molecule has 6 rings (SSSR count). The van der Waals surface area contributed by atoms with E-state index in [9.17, 15) is 4.79 Å². The zero-order valence-corrected chi connectivity index (χ0v) is 20.7. The monoisotopic (exact) mass is 501 g/mol. The third-order valence-corrected chi connectivity index (χ3v) is 7.04. The number of aromatic nitrogens is 3. The molecule has 3 aliphatic rings. The molecule has 5 heterocycles. The summed E-state index contributed by atoms with van der Waals surface area (Å²) in [5.74, 6) is 0.794. The molecule has 2 N–H and O–H groups in total. The van der Waals surface area contributed by atoms with Crippen molar-refractivity contribution in [1.82, 2.24) is 25.2 Å². The minimum Gasteiger partial charge on any atom is -0.488 e. The summed E-state index contributed by atoms with van der Waals surface area (Å²) in [5, 5.41) is 6.79. The summed E-state index contributed by atoms with van der Waals surface area (Å²) in [7, 11) is 0. The van der Waals surface area contributed by atoms with Gasteiger partial charge in [0.1, 0.15) is 5.52 Å². The fourth-order valence-electron chi connectivity index (χ4n) is 4.98. The first-order chi connectivity index (χ1) is 18.2. The average molecular weight is 502 g/mol. The van der Waals surface area contributed by atoms with Gasteiger partial charge in [0.15, 0.2) is 11.9 Å². The van der Waals surface area contributed by atoms with Gasteiger partial charge >= 0.3 is 0 Å². The molecule has 0 aliphatic carbocycles. The molecule has 0 bridgehead atoms. The zero-order chi connectivity index (χ0) is 25.0. The van der Waals surface area contributed by atoms with Crippen LogP contribution in [0, 0.1) is 0 Å². The van der Waals surface area contributed by atoms with Gasteiger partial charge in [-0.15, -0.1) is 0 Å². The van der Waals surface area contributed by atoms with E-state index >= 15 is 0 Å². The first-order valence-electron chi connectivity index (χ1n) is 12.9. The van der Waals surface area contributed by atoms with E-state index in [0.29, 0.717) is 38.5 Å². The smallest absolute Gasteiger partial charge is 0.264 e. The minimum absolute atomic E-state index is 0.0844. The van der Waals surface area contributed by atoms with Gasteiger partial charge in [-0.05, 0) is 24.3 Å². The summed E-state index contributed by atoms with van der Waals surface area (Å²) in [6, 6.07) is 10.4. The van der Waals surface area contributed by atoms with Gasteiger partial charge in [0.25, 0.3) is 5.91 Å². The molecular formula is C27H31N7O3. The van der Waals surface area contributed by atoms with Gasteiger partial charge < -0.3 is 29.9 Å². The van der Waals surface area contributed by atoms with Crippen LogP contribution in [0.15, 0.2) is 55.1 Å². The van der Waals surface area contributed by atoms with Crippen LogP contribution in [-0.2, 0) is 14.3 Å². The maximum Gasteiger partial charge on any atom is 0.264 e. The first kappa shape index (κ1) is 23.6. The number of nitrogens with zero attached hydrogens (tertiary/aromatic N) is 5. The van der Waals surface area contributed by atoms with Crippen LogP contribution in [0.25, 0.3) is 22.3 Å². The van der Waals surface area contributed by atoms with Gasteiger partial charge in [0.05, 0.1) is 30.2 Å². The fraction of sp³-hybridized carbons (Fsp3) is 0.407. The number of nitrogens with one attached hydrogen (secondary N) is 2. The highest BCUT2D eigenvalue weighted by atomic mass is 16.5. The zero-order valence-electron chi connectivity index (χ0n) is 20.7. The fourth-order valence-corrected chi connectivity index (χ4v) is 4.98. The number of anilines is 2. The average Bonchev–Trinajstić information content (AvgIpc) is 3.51. The molecule has 10 nitrogen and oxygen atoms in total. The summed E-state index contributed by atoms with van der Waals surface area (Å²) >= 11 is 0. The number of morpholine rings is 1. The number of hydrogen-bond donors (Lipinski definition) is 2. The van der Waals surface area contributed by atoms with Gasteiger partial charge in [-0.1, -0.05) is 12.1 Å². The maximum absolute atomic E-state index is 12.6. The lowest BCUT2D eigenvalue weighted by Gasteiger charge is -2.37. The molecule has 2 fully saturated rings. The Morgan fingerprint density at radius 3 is 2.70 bits per heavy atom. The number of piperazine rings is 1. The van der Waals surface area contributed by atoms with Crippen molar-refractivity contribution in [2.24, 2.45) is 0 Å². The van der Waals surface area contributed by atoms with Crippen LogP contribution in [0.1, 0.15) is 6.42 Å². The first-order valence-corrected chi connectivity index (χ1v) is 12.9. The number of hydrogen-bond acceptors (Lipinski definition) is 9. The number of amides is 1. The van der Waals surface area contributed by atoms with Crippen molar-refractivity contribution in [3.8, 4) is 11.3 Å². The Balaban J connectivity index is 1.14. The van der Waals surface area contributed by atoms with Gasteiger partial charge in [-0.25, -0.2) is 9.97 Å². The van der Waals surface area contributed by atoms with Crippen LogP contribution in [0.3, 0.4) is 0 Å². The highest BCUT2D eigenvalue weighted by Crippen LogP contribution is 2.28. The van der Waals surface area contributed by atoms with Crippen molar-refractivity contribution in [3.05, 3.63) is 55.1 Å². The maximum atomic E-state index is 12.6. The Morgan fingerprint density at radius 2 is 1.95 bits per heavy atom. The number of carbonyl (C=O) groups is 1. The van der Waals surface area contributed by atoms with Crippen molar-refractivity contribution in [2.75, 3.05) is 62.6 Å². The van der Waals surface area contributed by atoms with Gasteiger partial charge in [0, 0.05) is 75.9 Å². The Hall–Kier alpha value is -3.76. The standard InChI is InChI=1S/C27H31N7O3/c35-27(24-2-1-14-37-24)34-12-10-33(11-13-34)20-5-3-19(4-6-20)22-16-23-25(30-8-7-29-23)26(32-22)31-18-21-17-28-9-15-36-21/h1,3-8,14,16,21,24,28H,2,9-13,15,17-18H2,(H,31,32).